The van der Waals surface area contributed by atoms with Crippen molar-refractivity contribution in [3.05, 3.63) is 35.4 Å². The first-order chi connectivity index (χ1) is 17.1. The van der Waals surface area contributed by atoms with E-state index in [1.807, 2.05) is 6.07 Å². The van der Waals surface area contributed by atoms with Gasteiger partial charge in [0.1, 0.15) is 0 Å². The molecule has 0 amide bonds. The Labute approximate surface area is 208 Å². The van der Waals surface area contributed by atoms with E-state index >= 15 is 0 Å². The summed E-state index contributed by atoms with van der Waals surface area (Å²) in [5.41, 5.74) is 0.980. The predicted octanol–water partition coefficient (Wildman–Crippen LogP) is -0.841. The number of carboxylic acids is 4. The van der Waals surface area contributed by atoms with Crippen molar-refractivity contribution in [3.63, 3.8) is 0 Å². The van der Waals surface area contributed by atoms with Crippen LogP contribution in [0.1, 0.15) is 17.2 Å². The van der Waals surface area contributed by atoms with E-state index < -0.39 is 29.9 Å². The minimum Gasteiger partial charge on any atom is -0.480 e. The molecule has 4 N–H and O–H groups in total. The van der Waals surface area contributed by atoms with Crippen molar-refractivity contribution in [3.8, 4) is 6.07 Å². The number of nitrogens with zero attached hydrogens (tertiary/aromatic N) is 5. The van der Waals surface area contributed by atoms with Crippen LogP contribution in [-0.2, 0) is 19.2 Å². The van der Waals surface area contributed by atoms with Gasteiger partial charge >= 0.3 is 23.9 Å². The highest BCUT2D eigenvalue weighted by Crippen LogP contribution is 2.24. The number of hydrogen-bond donors (Lipinski definition) is 4. The fourth-order valence-corrected chi connectivity index (χ4v) is 4.19. The van der Waals surface area contributed by atoms with Crippen LogP contribution < -0.4 is 0 Å². The maximum atomic E-state index is 11.7. The zero-order valence-corrected chi connectivity index (χ0v) is 19.8. The van der Waals surface area contributed by atoms with Crippen molar-refractivity contribution >= 4 is 23.9 Å². The highest BCUT2D eigenvalue weighted by Gasteiger charge is 2.28. The molecule has 1 atom stereocenters. The molecule has 13 heteroatoms. The number of benzene rings is 1. The zero-order valence-electron chi connectivity index (χ0n) is 19.8. The molecule has 1 saturated heterocycles. The van der Waals surface area contributed by atoms with Crippen molar-refractivity contribution in [1.82, 2.24) is 19.6 Å². The van der Waals surface area contributed by atoms with Crippen molar-refractivity contribution in [2.45, 2.75) is 6.04 Å². The van der Waals surface area contributed by atoms with Gasteiger partial charge in [-0.3, -0.25) is 38.8 Å². The number of carboxylic acid groups (broad SMARTS) is 4. The summed E-state index contributed by atoms with van der Waals surface area (Å²) in [6.07, 6.45) is 0. The standard InChI is InChI=1S/C23H31N5O8/c24-11-17-2-1-3-18(10-17)19-12-27(15-22(33)34)7-6-25(13-20(29)30)4-5-26(14-21(31)32)8-9-28(19)16-23(35)36/h1-3,10,19H,4-9,12-16H2,(H,29,30)(H,31,32)(H,33,34)(H,35,36). The van der Waals surface area contributed by atoms with E-state index in [2.05, 4.69) is 0 Å². The molecule has 0 saturated carbocycles. The number of hydrogen-bond acceptors (Lipinski definition) is 9. The smallest absolute Gasteiger partial charge is 0.317 e. The van der Waals surface area contributed by atoms with Gasteiger partial charge in [-0.25, -0.2) is 0 Å². The lowest BCUT2D eigenvalue weighted by Gasteiger charge is -2.37. The summed E-state index contributed by atoms with van der Waals surface area (Å²) in [6.45, 7) is 0.000310. The van der Waals surface area contributed by atoms with Crippen molar-refractivity contribution in [2.75, 3.05) is 72.0 Å². The van der Waals surface area contributed by atoms with Gasteiger partial charge in [-0.1, -0.05) is 12.1 Å². The quantitative estimate of drug-likeness (QED) is 0.326. The lowest BCUT2D eigenvalue weighted by molar-refractivity contribution is -0.142. The Bertz CT molecular complexity index is 981. The first-order valence-corrected chi connectivity index (χ1v) is 11.4. The second-order valence-electron chi connectivity index (χ2n) is 8.59. The third kappa shape index (κ3) is 9.96. The Morgan fingerprint density at radius 2 is 1.22 bits per heavy atom. The van der Waals surface area contributed by atoms with Crippen LogP contribution in [-0.4, -0.2) is 136 Å². The second kappa shape index (κ2) is 14.1. The molecular formula is C23H31N5O8. The Hall–Kier alpha value is -3.57. The summed E-state index contributed by atoms with van der Waals surface area (Å²) in [7, 11) is 0. The molecule has 1 aliphatic heterocycles. The van der Waals surface area contributed by atoms with E-state index in [0.29, 0.717) is 11.1 Å². The summed E-state index contributed by atoms with van der Waals surface area (Å²) >= 11 is 0. The number of carbonyl (C=O) groups is 4. The third-order valence-electron chi connectivity index (χ3n) is 5.86. The number of rotatable bonds is 9. The molecular weight excluding hydrogens is 474 g/mol. The van der Waals surface area contributed by atoms with E-state index in [1.54, 1.807) is 43.9 Å². The molecule has 36 heavy (non-hydrogen) atoms. The molecule has 1 heterocycles. The topological polar surface area (TPSA) is 186 Å². The van der Waals surface area contributed by atoms with Gasteiger partial charge in [-0.15, -0.1) is 0 Å². The second-order valence-corrected chi connectivity index (χ2v) is 8.59. The summed E-state index contributed by atoms with van der Waals surface area (Å²) in [5, 5.41) is 47.0. The maximum Gasteiger partial charge on any atom is 0.317 e. The molecule has 2 rings (SSSR count). The van der Waals surface area contributed by atoms with Crippen molar-refractivity contribution in [2.24, 2.45) is 0 Å². The van der Waals surface area contributed by atoms with Crippen LogP contribution in [0.3, 0.4) is 0 Å². The Morgan fingerprint density at radius 3 is 1.72 bits per heavy atom. The molecule has 0 radical (unpaired) electrons. The van der Waals surface area contributed by atoms with E-state index in [1.165, 1.54) is 0 Å². The molecule has 1 aromatic carbocycles. The molecule has 0 aliphatic carbocycles. The first kappa shape index (κ1) is 28.7. The average Bonchev–Trinajstić information content (AvgIpc) is 2.79. The fourth-order valence-electron chi connectivity index (χ4n) is 4.19. The van der Waals surface area contributed by atoms with E-state index in [4.69, 9.17) is 0 Å². The number of nitriles is 1. The molecule has 13 nitrogen and oxygen atoms in total. The molecule has 1 unspecified atom stereocenters. The largest absolute Gasteiger partial charge is 0.480 e. The summed E-state index contributed by atoms with van der Waals surface area (Å²) in [6, 6.07) is 8.05. The molecule has 0 bridgehead atoms. The van der Waals surface area contributed by atoms with Gasteiger partial charge in [0.25, 0.3) is 0 Å². The van der Waals surface area contributed by atoms with Crippen molar-refractivity contribution < 1.29 is 39.6 Å². The van der Waals surface area contributed by atoms with Crippen molar-refractivity contribution in [1.29, 1.82) is 5.26 Å². The van der Waals surface area contributed by atoms with Crippen LogP contribution in [0.25, 0.3) is 0 Å². The zero-order chi connectivity index (χ0) is 26.7. The highest BCUT2D eigenvalue weighted by molar-refractivity contribution is 5.70. The Morgan fingerprint density at radius 1 is 0.750 bits per heavy atom. The molecule has 1 aromatic rings. The predicted molar refractivity (Wildman–Crippen MR) is 125 cm³/mol. The van der Waals surface area contributed by atoms with E-state index in [0.717, 1.165) is 0 Å². The summed E-state index contributed by atoms with van der Waals surface area (Å²) in [5.74, 6) is -4.32. The Kier molecular flexibility index (Phi) is 11.2. The van der Waals surface area contributed by atoms with Gasteiger partial charge in [0.15, 0.2) is 0 Å². The van der Waals surface area contributed by atoms with E-state index in [-0.39, 0.29) is 72.0 Å². The third-order valence-corrected chi connectivity index (χ3v) is 5.86. The van der Waals surface area contributed by atoms with Crippen LogP contribution in [0.4, 0.5) is 0 Å². The Balaban J connectivity index is 2.48. The average molecular weight is 506 g/mol. The normalized spacial score (nSPS) is 19.5. The molecule has 0 aromatic heterocycles. The van der Waals surface area contributed by atoms with Crippen LogP contribution in [0, 0.1) is 11.3 Å². The monoisotopic (exact) mass is 505 g/mol. The van der Waals surface area contributed by atoms with Crippen LogP contribution >= 0.6 is 0 Å². The minimum atomic E-state index is -1.11. The van der Waals surface area contributed by atoms with Gasteiger partial charge in [-0.2, -0.15) is 5.26 Å². The lowest BCUT2D eigenvalue weighted by Crippen LogP contribution is -2.50. The lowest BCUT2D eigenvalue weighted by atomic mass is 10.0. The first-order valence-electron chi connectivity index (χ1n) is 11.4. The minimum absolute atomic E-state index is 0.105. The molecule has 0 spiro atoms. The van der Waals surface area contributed by atoms with Gasteiger partial charge in [0.05, 0.1) is 37.8 Å². The fraction of sp³-hybridized carbons (Fsp3) is 0.522. The summed E-state index contributed by atoms with van der Waals surface area (Å²) in [4.78, 5) is 52.6. The van der Waals surface area contributed by atoms with Gasteiger partial charge in [0.2, 0.25) is 0 Å². The maximum absolute atomic E-state index is 11.7. The summed E-state index contributed by atoms with van der Waals surface area (Å²) < 4.78 is 0. The molecule has 1 aliphatic rings. The van der Waals surface area contributed by atoms with E-state index in [9.17, 15) is 44.9 Å². The SMILES string of the molecule is N#Cc1cccc(C2CN(CC(=O)O)CCN(CC(=O)O)CCN(CC(=O)O)CCN2CC(=O)O)c1. The molecule has 196 valence electrons. The van der Waals surface area contributed by atoms with Gasteiger partial charge in [0, 0.05) is 51.9 Å². The van der Waals surface area contributed by atoms with Crippen LogP contribution in [0.2, 0.25) is 0 Å². The van der Waals surface area contributed by atoms with Gasteiger partial charge in [-0.05, 0) is 17.7 Å². The van der Waals surface area contributed by atoms with Crippen LogP contribution in [0.5, 0.6) is 0 Å². The van der Waals surface area contributed by atoms with Crippen LogP contribution in [0.15, 0.2) is 24.3 Å². The highest BCUT2D eigenvalue weighted by atomic mass is 16.4. The molecule has 1 fully saturated rings. The number of aliphatic carboxylic acids is 4. The van der Waals surface area contributed by atoms with Gasteiger partial charge < -0.3 is 20.4 Å².